The molecule has 2 aliphatic rings. The molecule has 2 aliphatic carbocycles. The summed E-state index contributed by atoms with van der Waals surface area (Å²) in [5, 5.41) is 3.03. The van der Waals surface area contributed by atoms with Crippen molar-refractivity contribution in [1.82, 2.24) is 5.32 Å². The molecule has 1 fully saturated rings. The van der Waals surface area contributed by atoms with Crippen LogP contribution in [0.15, 0.2) is 90.3 Å². The number of rotatable bonds is 8. The number of hydrogen-bond donors (Lipinski definition) is 1. The molecule has 1 saturated carbocycles. The third-order valence-electron chi connectivity index (χ3n) is 5.64. The first-order valence-electron chi connectivity index (χ1n) is 9.34. The van der Waals surface area contributed by atoms with Crippen molar-refractivity contribution in [3.63, 3.8) is 0 Å². The second kappa shape index (κ2) is 8.81. The van der Waals surface area contributed by atoms with Gasteiger partial charge >= 0.3 is 0 Å². The lowest BCUT2D eigenvalue weighted by Crippen LogP contribution is -2.30. The van der Waals surface area contributed by atoms with Crippen LogP contribution in [0.4, 0.5) is 0 Å². The topological polar surface area (TPSA) is 41.5 Å². The summed E-state index contributed by atoms with van der Waals surface area (Å²) in [6.07, 6.45) is 18.2. The largest absolute Gasteiger partial charge is 0.330 e. The number of hydrogen-bond acceptors (Lipinski definition) is 2. The first-order valence-corrected chi connectivity index (χ1v) is 9.34. The van der Waals surface area contributed by atoms with Crippen molar-refractivity contribution in [3.05, 3.63) is 85.3 Å². The summed E-state index contributed by atoms with van der Waals surface area (Å²) in [4.78, 5) is 16.7. The Morgan fingerprint density at radius 3 is 2.67 bits per heavy atom. The molecule has 0 heterocycles. The quantitative estimate of drug-likeness (QED) is 0.462. The fourth-order valence-corrected chi connectivity index (χ4v) is 3.51. The number of carbonyl (C=O) groups is 1. The fraction of sp³-hybridized carbons (Fsp3) is 0.333. The third kappa shape index (κ3) is 4.94. The van der Waals surface area contributed by atoms with Gasteiger partial charge in [0, 0.05) is 24.0 Å². The van der Waals surface area contributed by atoms with Crippen LogP contribution in [0.3, 0.4) is 0 Å². The Labute approximate surface area is 163 Å². The van der Waals surface area contributed by atoms with Crippen LogP contribution in [0.1, 0.15) is 27.2 Å². The van der Waals surface area contributed by atoms with E-state index in [2.05, 4.69) is 68.2 Å². The Morgan fingerprint density at radius 1 is 1.30 bits per heavy atom. The van der Waals surface area contributed by atoms with Crippen molar-refractivity contribution in [2.45, 2.75) is 27.2 Å². The average Bonchev–Trinajstić information content (AvgIpc) is 3.45. The van der Waals surface area contributed by atoms with Crippen LogP contribution in [-0.4, -0.2) is 12.1 Å². The summed E-state index contributed by atoms with van der Waals surface area (Å²) in [6, 6.07) is 0. The molecule has 2 rings (SSSR count). The second-order valence-corrected chi connectivity index (χ2v) is 7.50. The highest BCUT2D eigenvalue weighted by Crippen LogP contribution is 2.56. The molecule has 0 bridgehead atoms. The van der Waals surface area contributed by atoms with Crippen LogP contribution >= 0.6 is 0 Å². The van der Waals surface area contributed by atoms with E-state index in [9.17, 15) is 4.79 Å². The lowest BCUT2D eigenvalue weighted by molar-refractivity contribution is -0.122. The number of allylic oxidation sites excluding steroid dienone is 10. The van der Waals surface area contributed by atoms with Crippen molar-refractivity contribution < 1.29 is 4.79 Å². The number of amides is 1. The normalized spacial score (nSPS) is 30.3. The summed E-state index contributed by atoms with van der Waals surface area (Å²) < 4.78 is 0. The van der Waals surface area contributed by atoms with Crippen molar-refractivity contribution in [2.75, 3.05) is 0 Å². The molecule has 3 heteroatoms. The molecule has 1 unspecified atom stereocenters. The van der Waals surface area contributed by atoms with Gasteiger partial charge in [-0.15, -0.1) is 0 Å². The molecule has 0 aromatic carbocycles. The van der Waals surface area contributed by atoms with Crippen molar-refractivity contribution in [1.29, 1.82) is 0 Å². The lowest BCUT2D eigenvalue weighted by Gasteiger charge is -2.33. The summed E-state index contributed by atoms with van der Waals surface area (Å²) in [6.45, 7) is 17.6. The molecule has 3 nitrogen and oxygen atoms in total. The van der Waals surface area contributed by atoms with E-state index in [4.69, 9.17) is 0 Å². The molecule has 27 heavy (non-hydrogen) atoms. The lowest BCUT2D eigenvalue weighted by atomic mass is 9.71. The highest BCUT2D eigenvalue weighted by atomic mass is 16.2. The van der Waals surface area contributed by atoms with Gasteiger partial charge in [-0.05, 0) is 47.8 Å². The van der Waals surface area contributed by atoms with Crippen LogP contribution in [0.25, 0.3) is 0 Å². The van der Waals surface area contributed by atoms with E-state index < -0.39 is 0 Å². The van der Waals surface area contributed by atoms with Gasteiger partial charge in [-0.1, -0.05) is 70.0 Å². The highest BCUT2D eigenvalue weighted by Gasteiger charge is 2.54. The summed E-state index contributed by atoms with van der Waals surface area (Å²) in [7, 11) is 0. The molecule has 0 spiro atoms. The molecular formula is C24H30N2O. The van der Waals surface area contributed by atoms with Crippen LogP contribution < -0.4 is 5.32 Å². The number of aliphatic imine (C=N–C) groups is 1. The van der Waals surface area contributed by atoms with E-state index >= 15 is 0 Å². The molecule has 0 aliphatic heterocycles. The summed E-state index contributed by atoms with van der Waals surface area (Å²) in [5.74, 6) is 1.02. The molecular weight excluding hydrogens is 332 g/mol. The van der Waals surface area contributed by atoms with E-state index in [-0.39, 0.29) is 17.2 Å². The minimum Gasteiger partial charge on any atom is -0.330 e. The predicted octanol–water partition coefficient (Wildman–Crippen LogP) is 5.29. The Morgan fingerprint density at radius 2 is 2.04 bits per heavy atom. The maximum atomic E-state index is 12.6. The Balaban J connectivity index is 2.01. The zero-order chi connectivity index (χ0) is 20.0. The van der Waals surface area contributed by atoms with Crippen LogP contribution in [-0.2, 0) is 4.79 Å². The second-order valence-electron chi connectivity index (χ2n) is 7.50. The number of nitrogens with zero attached hydrogens (tertiary/aromatic N) is 1. The standard InChI is InChI=1S/C24H30N2O/c1-7-17(3)20(16-25-8-2)13-12-19(5)26-23(27)21-15-22(21)24(6)14-10-9-11-18(24)4/h7-14,16,18,21-22H,1-3,15H2,4-6H3,(H,26,27)/b19-12+,20-13-,25-16-/t18-,21-,22-,24?/m1/s1. The van der Waals surface area contributed by atoms with Crippen LogP contribution in [0, 0.1) is 23.2 Å². The Bertz CT molecular complexity index is 778. The van der Waals surface area contributed by atoms with Gasteiger partial charge in [0.2, 0.25) is 5.91 Å². The summed E-state index contributed by atoms with van der Waals surface area (Å²) in [5.41, 5.74) is 2.44. The SMILES string of the molecule is C=C\N=C/C(=C/C=C(\C)NC(=O)[C@@H]1C[C@H]1C1(C)C=CC=C[C@H]1C)C(=C)C=C. The van der Waals surface area contributed by atoms with Gasteiger partial charge in [0.15, 0.2) is 0 Å². The monoisotopic (exact) mass is 362 g/mol. The zero-order valence-corrected chi connectivity index (χ0v) is 16.6. The first-order chi connectivity index (χ1) is 12.8. The number of nitrogens with one attached hydrogen (secondary N) is 1. The molecule has 0 saturated heterocycles. The van der Waals surface area contributed by atoms with E-state index in [1.807, 2.05) is 19.1 Å². The highest BCUT2D eigenvalue weighted by molar-refractivity contribution is 5.86. The molecule has 0 aromatic rings. The van der Waals surface area contributed by atoms with E-state index in [1.165, 1.54) is 6.20 Å². The van der Waals surface area contributed by atoms with Crippen LogP contribution in [0.5, 0.6) is 0 Å². The van der Waals surface area contributed by atoms with Crippen molar-refractivity contribution >= 4 is 12.1 Å². The van der Waals surface area contributed by atoms with Crippen molar-refractivity contribution in [3.8, 4) is 0 Å². The minimum atomic E-state index is 0.0598. The summed E-state index contributed by atoms with van der Waals surface area (Å²) >= 11 is 0. The maximum Gasteiger partial charge on any atom is 0.227 e. The van der Waals surface area contributed by atoms with Crippen LogP contribution in [0.2, 0.25) is 0 Å². The third-order valence-corrected chi connectivity index (χ3v) is 5.64. The Kier molecular flexibility index (Phi) is 6.73. The van der Waals surface area contributed by atoms with Gasteiger partial charge in [0.25, 0.3) is 0 Å². The molecule has 0 radical (unpaired) electrons. The fourth-order valence-electron chi connectivity index (χ4n) is 3.51. The van der Waals surface area contributed by atoms with Gasteiger partial charge in [-0.2, -0.15) is 0 Å². The zero-order valence-electron chi connectivity index (χ0n) is 16.6. The van der Waals surface area contributed by atoms with Gasteiger partial charge < -0.3 is 5.32 Å². The van der Waals surface area contributed by atoms with E-state index in [1.54, 1.807) is 12.3 Å². The Hall–Kier alpha value is -2.68. The van der Waals surface area contributed by atoms with Gasteiger partial charge in [0.05, 0.1) is 0 Å². The van der Waals surface area contributed by atoms with E-state index in [0.29, 0.717) is 11.8 Å². The molecule has 1 N–H and O–H groups in total. The smallest absolute Gasteiger partial charge is 0.227 e. The molecule has 142 valence electrons. The average molecular weight is 363 g/mol. The predicted molar refractivity (Wildman–Crippen MR) is 115 cm³/mol. The van der Waals surface area contributed by atoms with E-state index in [0.717, 1.165) is 23.3 Å². The molecule has 1 amide bonds. The van der Waals surface area contributed by atoms with Gasteiger partial charge in [-0.25, -0.2) is 0 Å². The van der Waals surface area contributed by atoms with Crippen molar-refractivity contribution in [2.24, 2.45) is 28.2 Å². The minimum absolute atomic E-state index is 0.0598. The molecule has 4 atom stereocenters. The maximum absolute atomic E-state index is 12.6. The first kappa shape index (κ1) is 20.6. The van der Waals surface area contributed by atoms with Gasteiger partial charge in [0.1, 0.15) is 0 Å². The molecule has 0 aromatic heterocycles. The number of carbonyl (C=O) groups excluding carboxylic acids is 1. The van der Waals surface area contributed by atoms with Gasteiger partial charge in [-0.3, -0.25) is 9.79 Å².